The summed E-state index contributed by atoms with van der Waals surface area (Å²) in [5.41, 5.74) is 4.77. The molecule has 4 heteroatoms. The molecule has 0 radical (unpaired) electrons. The molecule has 1 unspecified atom stereocenters. The van der Waals surface area contributed by atoms with E-state index in [2.05, 4.69) is 82.9 Å². The number of nitrogens with one attached hydrogen (secondary N) is 1. The molecule has 2 aromatic carbocycles. The average Bonchev–Trinajstić information content (AvgIpc) is 2.69. The first-order valence-electron chi connectivity index (χ1n) is 9.08. The summed E-state index contributed by atoms with van der Waals surface area (Å²) < 4.78 is 2.18. The first kappa shape index (κ1) is 20.8. The summed E-state index contributed by atoms with van der Waals surface area (Å²) in [5.74, 6) is 0.0765. The number of hydrogen-bond acceptors (Lipinski definition) is 1. The molecule has 140 valence electrons. The van der Waals surface area contributed by atoms with Gasteiger partial charge in [-0.05, 0) is 23.6 Å². The van der Waals surface area contributed by atoms with E-state index in [0.29, 0.717) is 6.42 Å². The van der Waals surface area contributed by atoms with E-state index in [1.54, 1.807) is 0 Å². The van der Waals surface area contributed by atoms with Crippen LogP contribution >= 0.6 is 0 Å². The zero-order chi connectivity index (χ0) is 18.4. The summed E-state index contributed by atoms with van der Waals surface area (Å²) in [5, 5.41) is 2.99. The summed E-state index contributed by atoms with van der Waals surface area (Å²) in [4.78, 5) is 11.5. The van der Waals surface area contributed by atoms with Gasteiger partial charge in [0.25, 0.3) is 0 Å². The zero-order valence-electron chi connectivity index (χ0n) is 15.7. The van der Waals surface area contributed by atoms with Crippen LogP contribution in [-0.2, 0) is 11.3 Å². The molecule has 0 aliphatic rings. The van der Waals surface area contributed by atoms with E-state index >= 15 is 0 Å². The molecule has 0 bridgehead atoms. The number of carbonyl (C=O) groups excluding carboxylic acids is 1. The minimum atomic E-state index is 0. The maximum Gasteiger partial charge on any atom is 0.220 e. The maximum atomic E-state index is 11.5. The summed E-state index contributed by atoms with van der Waals surface area (Å²) in [6.07, 6.45) is 4.73. The molecule has 3 rings (SSSR count). The Bertz CT molecular complexity index is 846. The van der Waals surface area contributed by atoms with Gasteiger partial charge < -0.3 is 22.3 Å². The maximum absolute atomic E-state index is 11.5. The minimum absolute atomic E-state index is 0. The topological polar surface area (TPSA) is 33.0 Å². The Kier molecular flexibility index (Phi) is 7.74. The van der Waals surface area contributed by atoms with Crippen LogP contribution in [0, 0.1) is 0 Å². The first-order valence-corrected chi connectivity index (χ1v) is 9.08. The van der Waals surface area contributed by atoms with Crippen LogP contribution in [0.4, 0.5) is 0 Å². The second-order valence-corrected chi connectivity index (χ2v) is 6.51. The van der Waals surface area contributed by atoms with E-state index in [1.807, 2.05) is 19.9 Å². The van der Waals surface area contributed by atoms with Crippen molar-refractivity contribution >= 4 is 5.91 Å². The lowest BCUT2D eigenvalue weighted by molar-refractivity contribution is -0.688. The number of aromatic nitrogens is 1. The Labute approximate surface area is 171 Å². The molecule has 1 atom stereocenters. The van der Waals surface area contributed by atoms with Crippen LogP contribution in [0.15, 0.2) is 79.1 Å². The van der Waals surface area contributed by atoms with Crippen LogP contribution in [-0.4, -0.2) is 5.91 Å². The van der Waals surface area contributed by atoms with Gasteiger partial charge in [0.15, 0.2) is 18.9 Å². The van der Waals surface area contributed by atoms with Gasteiger partial charge in [0.1, 0.15) is 0 Å². The van der Waals surface area contributed by atoms with Gasteiger partial charge in [0.2, 0.25) is 5.91 Å². The Morgan fingerprint density at radius 2 is 1.52 bits per heavy atom. The molecule has 27 heavy (non-hydrogen) atoms. The lowest BCUT2D eigenvalue weighted by Gasteiger charge is -2.14. The minimum Gasteiger partial charge on any atom is -1.00 e. The van der Waals surface area contributed by atoms with E-state index in [0.717, 1.165) is 12.1 Å². The SMILES string of the molecule is CCC(=O)NC(C)c1ccc(-c2cc[n+](Cc3ccccc3)cc2)cc1.[Br-]. The molecule has 0 saturated carbocycles. The van der Waals surface area contributed by atoms with Gasteiger partial charge in [-0.2, -0.15) is 0 Å². The van der Waals surface area contributed by atoms with Crippen molar-refractivity contribution in [2.45, 2.75) is 32.9 Å². The number of nitrogens with zero attached hydrogens (tertiary/aromatic N) is 1. The van der Waals surface area contributed by atoms with E-state index in [9.17, 15) is 4.79 Å². The number of pyridine rings is 1. The van der Waals surface area contributed by atoms with Crippen molar-refractivity contribution in [3.63, 3.8) is 0 Å². The molecular weight excluding hydrogens is 400 g/mol. The van der Waals surface area contributed by atoms with Crippen molar-refractivity contribution in [1.29, 1.82) is 0 Å². The van der Waals surface area contributed by atoms with Crippen LogP contribution < -0.4 is 26.9 Å². The molecule has 1 aromatic heterocycles. The largest absolute Gasteiger partial charge is 1.00 e. The normalized spacial score (nSPS) is 11.3. The number of carbonyl (C=O) groups is 1. The third-order valence-electron chi connectivity index (χ3n) is 4.54. The number of hydrogen-bond donors (Lipinski definition) is 1. The van der Waals surface area contributed by atoms with E-state index < -0.39 is 0 Å². The zero-order valence-corrected chi connectivity index (χ0v) is 17.3. The van der Waals surface area contributed by atoms with Gasteiger partial charge in [-0.25, -0.2) is 4.57 Å². The summed E-state index contributed by atoms with van der Waals surface area (Å²) in [6, 6.07) is 23.1. The Morgan fingerprint density at radius 1 is 0.926 bits per heavy atom. The van der Waals surface area contributed by atoms with E-state index in [1.165, 1.54) is 16.7 Å². The van der Waals surface area contributed by atoms with Gasteiger partial charge in [-0.3, -0.25) is 4.79 Å². The molecule has 0 aliphatic heterocycles. The van der Waals surface area contributed by atoms with Crippen molar-refractivity contribution < 1.29 is 26.3 Å². The average molecular weight is 425 g/mol. The van der Waals surface area contributed by atoms with Crippen LogP contribution in [0.2, 0.25) is 0 Å². The summed E-state index contributed by atoms with van der Waals surface area (Å²) in [6.45, 7) is 4.75. The van der Waals surface area contributed by atoms with Crippen molar-refractivity contribution in [2.75, 3.05) is 0 Å². The standard InChI is InChI=1S/C23H24N2O.BrH/c1-3-23(26)24-18(2)20-9-11-21(12-10-20)22-13-15-25(16-14-22)17-19-7-5-4-6-8-19;/h4-16,18H,3,17H2,1-2H3;1H. The third kappa shape index (κ3) is 5.76. The Balaban J connectivity index is 0.00000261. The van der Waals surface area contributed by atoms with Crippen LogP contribution in [0.5, 0.6) is 0 Å². The van der Waals surface area contributed by atoms with Gasteiger partial charge >= 0.3 is 0 Å². The van der Waals surface area contributed by atoms with Gasteiger partial charge in [0.05, 0.1) is 6.04 Å². The fraction of sp³-hybridized carbons (Fsp3) is 0.217. The Hall–Kier alpha value is -2.46. The second kappa shape index (κ2) is 10.0. The highest BCUT2D eigenvalue weighted by Crippen LogP contribution is 2.21. The molecule has 0 spiro atoms. The lowest BCUT2D eigenvalue weighted by atomic mass is 10.0. The predicted molar refractivity (Wildman–Crippen MR) is 104 cm³/mol. The van der Waals surface area contributed by atoms with E-state index in [-0.39, 0.29) is 28.9 Å². The number of halogens is 1. The van der Waals surface area contributed by atoms with Gasteiger partial charge in [-0.1, -0.05) is 61.5 Å². The fourth-order valence-corrected chi connectivity index (χ4v) is 2.94. The summed E-state index contributed by atoms with van der Waals surface area (Å²) >= 11 is 0. The first-order chi connectivity index (χ1) is 12.7. The molecule has 0 fully saturated rings. The smallest absolute Gasteiger partial charge is 0.220 e. The van der Waals surface area contributed by atoms with E-state index in [4.69, 9.17) is 0 Å². The van der Waals surface area contributed by atoms with Crippen LogP contribution in [0.1, 0.15) is 37.4 Å². The number of benzene rings is 2. The fourth-order valence-electron chi connectivity index (χ4n) is 2.94. The molecular formula is C23H25BrN2O. The summed E-state index contributed by atoms with van der Waals surface area (Å²) in [7, 11) is 0. The lowest BCUT2D eigenvalue weighted by Crippen LogP contribution is -3.00. The quantitative estimate of drug-likeness (QED) is 0.594. The molecule has 1 heterocycles. The van der Waals surface area contributed by atoms with Crippen molar-refractivity contribution in [1.82, 2.24) is 5.32 Å². The predicted octanol–water partition coefficient (Wildman–Crippen LogP) is 1.28. The second-order valence-electron chi connectivity index (χ2n) is 6.51. The van der Waals surface area contributed by atoms with Crippen molar-refractivity contribution in [3.05, 3.63) is 90.3 Å². The highest BCUT2D eigenvalue weighted by atomic mass is 79.9. The molecule has 1 N–H and O–H groups in total. The molecule has 0 saturated heterocycles. The molecule has 3 aromatic rings. The van der Waals surface area contributed by atoms with Crippen LogP contribution in [0.3, 0.4) is 0 Å². The highest BCUT2D eigenvalue weighted by Gasteiger charge is 2.09. The van der Waals surface area contributed by atoms with Crippen molar-refractivity contribution in [2.24, 2.45) is 0 Å². The molecule has 3 nitrogen and oxygen atoms in total. The molecule has 0 aliphatic carbocycles. The van der Waals surface area contributed by atoms with Crippen molar-refractivity contribution in [3.8, 4) is 11.1 Å². The van der Waals surface area contributed by atoms with Crippen LogP contribution in [0.25, 0.3) is 11.1 Å². The molecule has 1 amide bonds. The Morgan fingerprint density at radius 3 is 2.11 bits per heavy atom. The number of rotatable bonds is 6. The monoisotopic (exact) mass is 424 g/mol. The number of amides is 1. The van der Waals surface area contributed by atoms with Gasteiger partial charge in [0, 0.05) is 24.1 Å². The van der Waals surface area contributed by atoms with Gasteiger partial charge in [-0.15, -0.1) is 0 Å². The third-order valence-corrected chi connectivity index (χ3v) is 4.54. The highest BCUT2D eigenvalue weighted by molar-refractivity contribution is 5.76.